The van der Waals surface area contributed by atoms with E-state index in [1.54, 1.807) is 23.1 Å². The van der Waals surface area contributed by atoms with Gasteiger partial charge in [0.05, 0.1) is 12.0 Å². The van der Waals surface area contributed by atoms with Crippen LogP contribution >= 0.6 is 11.6 Å². The number of fused-ring (bicyclic) bond motifs is 2. The number of rotatable bonds is 1. The molecule has 1 saturated heterocycles. The molecule has 0 saturated carbocycles. The molecular weight excluding hydrogens is 400 g/mol. The van der Waals surface area contributed by atoms with Crippen molar-refractivity contribution in [2.45, 2.75) is 50.5 Å². The SMILES string of the molecule is O=C1CC2(CCN(C(=O)Nc3cccc(Cl)c3)CC2)Oc2cc3c(cc21)CCCC3. The van der Waals surface area contributed by atoms with Crippen molar-refractivity contribution in [2.75, 3.05) is 18.4 Å². The van der Waals surface area contributed by atoms with Gasteiger partial charge < -0.3 is 15.0 Å². The third-order valence-electron chi connectivity index (χ3n) is 6.59. The lowest BCUT2D eigenvalue weighted by atomic mass is 9.80. The zero-order valence-corrected chi connectivity index (χ0v) is 17.6. The van der Waals surface area contributed by atoms with E-state index in [0.29, 0.717) is 43.1 Å². The zero-order valence-electron chi connectivity index (χ0n) is 16.9. The van der Waals surface area contributed by atoms with Crippen molar-refractivity contribution in [3.05, 3.63) is 58.1 Å². The van der Waals surface area contributed by atoms with Gasteiger partial charge in [0.2, 0.25) is 0 Å². The molecule has 2 heterocycles. The van der Waals surface area contributed by atoms with Crippen LogP contribution in [0.5, 0.6) is 5.75 Å². The van der Waals surface area contributed by atoms with Crippen LogP contribution in [0.25, 0.3) is 0 Å². The van der Waals surface area contributed by atoms with Crippen LogP contribution in [0.4, 0.5) is 10.5 Å². The summed E-state index contributed by atoms with van der Waals surface area (Å²) in [5, 5.41) is 3.48. The highest BCUT2D eigenvalue weighted by Gasteiger charge is 2.44. The number of ether oxygens (including phenoxy) is 1. The van der Waals surface area contributed by atoms with Gasteiger partial charge in [0, 0.05) is 36.6 Å². The fourth-order valence-corrected chi connectivity index (χ4v) is 5.08. The van der Waals surface area contributed by atoms with E-state index < -0.39 is 5.60 Å². The van der Waals surface area contributed by atoms with E-state index in [1.165, 1.54) is 24.0 Å². The molecule has 1 N–H and O–H groups in total. The predicted molar refractivity (Wildman–Crippen MR) is 117 cm³/mol. The highest BCUT2D eigenvalue weighted by molar-refractivity contribution is 6.30. The third-order valence-corrected chi connectivity index (χ3v) is 6.83. The van der Waals surface area contributed by atoms with Gasteiger partial charge in [-0.3, -0.25) is 4.79 Å². The Kier molecular flexibility index (Phi) is 4.94. The topological polar surface area (TPSA) is 58.6 Å². The fraction of sp³-hybridized carbons (Fsp3) is 0.417. The second kappa shape index (κ2) is 7.62. The third kappa shape index (κ3) is 3.67. The van der Waals surface area contributed by atoms with Gasteiger partial charge >= 0.3 is 6.03 Å². The Morgan fingerprint density at radius 1 is 1.07 bits per heavy atom. The summed E-state index contributed by atoms with van der Waals surface area (Å²) >= 11 is 6.00. The number of hydrogen-bond acceptors (Lipinski definition) is 3. The van der Waals surface area contributed by atoms with E-state index in [1.807, 2.05) is 6.07 Å². The zero-order chi connectivity index (χ0) is 20.7. The summed E-state index contributed by atoms with van der Waals surface area (Å²) in [5.41, 5.74) is 3.54. The monoisotopic (exact) mass is 424 g/mol. The minimum absolute atomic E-state index is 0.149. The molecule has 1 spiro atoms. The lowest BCUT2D eigenvalue weighted by molar-refractivity contribution is 0.000294. The van der Waals surface area contributed by atoms with Gasteiger partial charge in [-0.2, -0.15) is 0 Å². The van der Waals surface area contributed by atoms with Crippen LogP contribution in [0.3, 0.4) is 0 Å². The standard InChI is InChI=1S/C24H25ClN2O3/c25-18-6-3-7-19(14-18)26-23(29)27-10-8-24(9-11-27)15-21(28)20-12-16-4-1-2-5-17(16)13-22(20)30-24/h3,6-7,12-14H,1-2,4-5,8-11,15H2,(H,26,29). The summed E-state index contributed by atoms with van der Waals surface area (Å²) in [6.07, 6.45) is 6.20. The molecule has 2 aliphatic heterocycles. The number of anilines is 1. The number of ketones is 1. The van der Waals surface area contributed by atoms with E-state index in [0.717, 1.165) is 24.2 Å². The number of hydrogen-bond donors (Lipinski definition) is 1. The summed E-state index contributed by atoms with van der Waals surface area (Å²) in [7, 11) is 0. The first-order valence-electron chi connectivity index (χ1n) is 10.7. The second-order valence-corrected chi connectivity index (χ2v) is 9.07. The van der Waals surface area contributed by atoms with Crippen LogP contribution in [-0.4, -0.2) is 35.4 Å². The Balaban J connectivity index is 1.28. The van der Waals surface area contributed by atoms with Gasteiger partial charge in [-0.25, -0.2) is 4.79 Å². The van der Waals surface area contributed by atoms with Crippen molar-refractivity contribution >= 4 is 29.1 Å². The summed E-state index contributed by atoms with van der Waals surface area (Å²) in [6.45, 7) is 1.11. The Bertz CT molecular complexity index is 1010. The first-order chi connectivity index (χ1) is 14.5. The number of piperidine rings is 1. The number of Topliss-reactive ketones (excluding diaryl/α,β-unsaturated/α-hetero) is 1. The lowest BCUT2D eigenvalue weighted by Crippen LogP contribution is -2.53. The van der Waals surface area contributed by atoms with Gasteiger partial charge in [-0.05, 0) is 67.1 Å². The molecule has 2 amide bonds. The van der Waals surface area contributed by atoms with E-state index in [-0.39, 0.29) is 11.8 Å². The molecule has 0 bridgehead atoms. The largest absolute Gasteiger partial charge is 0.486 e. The molecule has 5 rings (SSSR count). The highest BCUT2D eigenvalue weighted by atomic mass is 35.5. The van der Waals surface area contributed by atoms with Crippen LogP contribution in [0.1, 0.15) is 53.6 Å². The highest BCUT2D eigenvalue weighted by Crippen LogP contribution is 2.41. The van der Waals surface area contributed by atoms with E-state index in [4.69, 9.17) is 16.3 Å². The van der Waals surface area contributed by atoms with Gasteiger partial charge in [0.1, 0.15) is 11.4 Å². The maximum atomic E-state index is 12.9. The van der Waals surface area contributed by atoms with Crippen molar-refractivity contribution in [3.63, 3.8) is 0 Å². The maximum Gasteiger partial charge on any atom is 0.321 e. The predicted octanol–water partition coefficient (Wildman–Crippen LogP) is 5.25. The minimum atomic E-state index is -0.500. The van der Waals surface area contributed by atoms with E-state index >= 15 is 0 Å². The van der Waals surface area contributed by atoms with Gasteiger partial charge in [-0.1, -0.05) is 17.7 Å². The van der Waals surface area contributed by atoms with Gasteiger partial charge in [-0.15, -0.1) is 0 Å². The average Bonchev–Trinajstić information content (AvgIpc) is 2.73. The number of aryl methyl sites for hydroxylation is 2. The van der Waals surface area contributed by atoms with Crippen LogP contribution in [-0.2, 0) is 12.8 Å². The Hall–Kier alpha value is -2.53. The molecule has 0 radical (unpaired) electrons. The van der Waals surface area contributed by atoms with Crippen LogP contribution < -0.4 is 10.1 Å². The number of amides is 2. The minimum Gasteiger partial charge on any atom is -0.486 e. The van der Waals surface area contributed by atoms with Crippen molar-refractivity contribution in [2.24, 2.45) is 0 Å². The van der Waals surface area contributed by atoms with Gasteiger partial charge in [0.25, 0.3) is 0 Å². The van der Waals surface area contributed by atoms with Crippen LogP contribution in [0.15, 0.2) is 36.4 Å². The summed E-state index contributed by atoms with van der Waals surface area (Å²) in [4.78, 5) is 27.4. The molecule has 1 fully saturated rings. The summed E-state index contributed by atoms with van der Waals surface area (Å²) in [6, 6.07) is 11.1. The van der Waals surface area contributed by atoms with E-state index in [2.05, 4.69) is 17.4 Å². The first kappa shape index (κ1) is 19.4. The normalized spacial score (nSPS) is 19.6. The number of urea groups is 1. The van der Waals surface area contributed by atoms with Crippen molar-refractivity contribution in [1.29, 1.82) is 0 Å². The van der Waals surface area contributed by atoms with Crippen LogP contribution in [0.2, 0.25) is 5.02 Å². The molecule has 2 aromatic rings. The Labute approximate surface area is 181 Å². The number of benzene rings is 2. The van der Waals surface area contributed by atoms with Crippen molar-refractivity contribution in [3.8, 4) is 5.75 Å². The number of halogens is 1. The quantitative estimate of drug-likeness (QED) is 0.680. The molecule has 0 atom stereocenters. The van der Waals surface area contributed by atoms with Crippen molar-refractivity contribution in [1.82, 2.24) is 4.90 Å². The molecule has 30 heavy (non-hydrogen) atoms. The molecule has 3 aliphatic rings. The molecule has 6 heteroatoms. The maximum absolute atomic E-state index is 12.9. The molecule has 5 nitrogen and oxygen atoms in total. The first-order valence-corrected chi connectivity index (χ1v) is 11.1. The number of carbonyl (C=O) groups is 2. The fourth-order valence-electron chi connectivity index (χ4n) is 4.89. The smallest absolute Gasteiger partial charge is 0.321 e. The molecule has 1 aliphatic carbocycles. The van der Waals surface area contributed by atoms with Crippen molar-refractivity contribution < 1.29 is 14.3 Å². The summed E-state index contributed by atoms with van der Waals surface area (Å²) in [5.74, 6) is 0.908. The molecule has 2 aromatic carbocycles. The average molecular weight is 425 g/mol. The number of likely N-dealkylation sites (tertiary alicyclic amines) is 1. The van der Waals surface area contributed by atoms with Crippen LogP contribution in [0, 0.1) is 0 Å². The number of carbonyl (C=O) groups excluding carboxylic acids is 2. The molecule has 156 valence electrons. The molecule has 0 unspecified atom stereocenters. The number of nitrogens with one attached hydrogen (secondary N) is 1. The van der Waals surface area contributed by atoms with E-state index in [9.17, 15) is 9.59 Å². The molecular formula is C24H25ClN2O3. The van der Waals surface area contributed by atoms with Gasteiger partial charge in [0.15, 0.2) is 5.78 Å². The lowest BCUT2D eigenvalue weighted by Gasteiger charge is -2.44. The summed E-state index contributed by atoms with van der Waals surface area (Å²) < 4.78 is 6.46. The molecule has 0 aromatic heterocycles. The second-order valence-electron chi connectivity index (χ2n) is 8.64. The number of nitrogens with zero attached hydrogens (tertiary/aromatic N) is 1. The Morgan fingerprint density at radius 2 is 1.80 bits per heavy atom. The Morgan fingerprint density at radius 3 is 2.53 bits per heavy atom.